The molecule has 1 amide bonds. The number of nitrogens with one attached hydrogen (secondary N) is 1. The van der Waals surface area contributed by atoms with Crippen LogP contribution in [0.15, 0.2) is 45.0 Å². The maximum atomic E-state index is 12.5. The molecule has 1 heterocycles. The first-order valence-electron chi connectivity index (χ1n) is 8.30. The van der Waals surface area contributed by atoms with Crippen LogP contribution in [0, 0.1) is 6.92 Å². The van der Waals surface area contributed by atoms with Gasteiger partial charge in [0.25, 0.3) is 5.91 Å². The fraction of sp³-hybridized carbons (Fsp3) is 0.350. The lowest BCUT2D eigenvalue weighted by Crippen LogP contribution is -2.04. The van der Waals surface area contributed by atoms with Gasteiger partial charge in [0.05, 0.1) is 0 Å². The second-order valence-corrected chi connectivity index (χ2v) is 7.58. The van der Waals surface area contributed by atoms with Gasteiger partial charge >= 0.3 is 0 Å². The SMILES string of the molecule is CC1=C(C=C2C(=O)Nc3ccc(Br)c(C)c32)CC2=C1CCCC2. The second kappa shape index (κ2) is 5.48. The van der Waals surface area contributed by atoms with Crippen molar-refractivity contribution in [3.8, 4) is 0 Å². The van der Waals surface area contributed by atoms with E-state index in [0.29, 0.717) is 0 Å². The Balaban J connectivity index is 1.78. The topological polar surface area (TPSA) is 29.1 Å². The predicted octanol–water partition coefficient (Wildman–Crippen LogP) is 5.68. The third-order valence-corrected chi connectivity index (χ3v) is 6.26. The van der Waals surface area contributed by atoms with Crippen LogP contribution in [0.2, 0.25) is 0 Å². The number of fused-ring (bicyclic) bond motifs is 1. The summed E-state index contributed by atoms with van der Waals surface area (Å²) in [7, 11) is 0. The van der Waals surface area contributed by atoms with Gasteiger partial charge in [0.2, 0.25) is 0 Å². The molecule has 0 aromatic heterocycles. The normalized spacial score (nSPS) is 21.9. The maximum Gasteiger partial charge on any atom is 0.256 e. The van der Waals surface area contributed by atoms with Crippen molar-refractivity contribution in [2.75, 3.05) is 5.32 Å². The van der Waals surface area contributed by atoms with Crippen LogP contribution in [0.5, 0.6) is 0 Å². The summed E-state index contributed by atoms with van der Waals surface area (Å²) >= 11 is 3.58. The van der Waals surface area contributed by atoms with E-state index in [9.17, 15) is 4.79 Å². The van der Waals surface area contributed by atoms with Crippen LogP contribution in [-0.2, 0) is 4.79 Å². The number of anilines is 1. The minimum Gasteiger partial charge on any atom is -0.321 e. The van der Waals surface area contributed by atoms with Gasteiger partial charge in [-0.1, -0.05) is 21.5 Å². The number of carbonyl (C=O) groups is 1. The number of hydrogen-bond donors (Lipinski definition) is 1. The van der Waals surface area contributed by atoms with Crippen molar-refractivity contribution in [2.24, 2.45) is 0 Å². The van der Waals surface area contributed by atoms with Crippen LogP contribution in [0.3, 0.4) is 0 Å². The average molecular weight is 370 g/mol. The molecule has 0 fully saturated rings. The lowest BCUT2D eigenvalue weighted by atomic mass is 9.91. The van der Waals surface area contributed by atoms with E-state index in [1.165, 1.54) is 36.8 Å². The Morgan fingerprint density at radius 2 is 1.96 bits per heavy atom. The molecular weight excluding hydrogens is 350 g/mol. The third kappa shape index (κ3) is 2.33. The highest BCUT2D eigenvalue weighted by molar-refractivity contribution is 9.10. The molecule has 118 valence electrons. The number of carbonyl (C=O) groups excluding carboxylic acids is 1. The van der Waals surface area contributed by atoms with Crippen molar-refractivity contribution in [1.29, 1.82) is 0 Å². The Morgan fingerprint density at radius 1 is 1.17 bits per heavy atom. The number of amides is 1. The van der Waals surface area contributed by atoms with Gasteiger partial charge in [0.1, 0.15) is 0 Å². The number of hydrogen-bond acceptors (Lipinski definition) is 1. The summed E-state index contributed by atoms with van der Waals surface area (Å²) in [5.41, 5.74) is 9.81. The quantitative estimate of drug-likeness (QED) is 0.633. The number of halogens is 1. The van der Waals surface area contributed by atoms with E-state index >= 15 is 0 Å². The average Bonchev–Trinajstić information content (AvgIpc) is 3.03. The van der Waals surface area contributed by atoms with Crippen molar-refractivity contribution < 1.29 is 4.79 Å². The van der Waals surface area contributed by atoms with Gasteiger partial charge in [-0.3, -0.25) is 4.79 Å². The molecule has 1 aromatic rings. The molecule has 0 spiro atoms. The van der Waals surface area contributed by atoms with E-state index in [4.69, 9.17) is 0 Å². The van der Waals surface area contributed by atoms with Crippen LogP contribution >= 0.6 is 15.9 Å². The first-order chi connectivity index (χ1) is 11.1. The zero-order valence-corrected chi connectivity index (χ0v) is 15.1. The zero-order valence-electron chi connectivity index (χ0n) is 13.6. The van der Waals surface area contributed by atoms with Crippen LogP contribution in [0.1, 0.15) is 50.2 Å². The summed E-state index contributed by atoms with van der Waals surface area (Å²) in [6.45, 7) is 4.29. The van der Waals surface area contributed by atoms with Crippen molar-refractivity contribution >= 4 is 33.1 Å². The summed E-state index contributed by atoms with van der Waals surface area (Å²) < 4.78 is 1.05. The van der Waals surface area contributed by atoms with E-state index < -0.39 is 0 Å². The minimum atomic E-state index is 0.0198. The Hall–Kier alpha value is -1.61. The molecule has 3 aliphatic rings. The number of benzene rings is 1. The standard InChI is InChI=1S/C20H20BrNO/c1-11-14(9-13-5-3-4-6-15(11)13)10-16-19-12(2)17(21)7-8-18(19)22-20(16)23/h7-8,10H,3-6,9H2,1-2H3,(H,22,23). The Bertz CT molecular complexity index is 826. The summed E-state index contributed by atoms with van der Waals surface area (Å²) in [5.74, 6) is 0.0198. The molecule has 0 radical (unpaired) electrons. The zero-order chi connectivity index (χ0) is 16.1. The molecule has 0 saturated carbocycles. The Kier molecular flexibility index (Phi) is 3.56. The highest BCUT2D eigenvalue weighted by Crippen LogP contribution is 2.44. The highest BCUT2D eigenvalue weighted by Gasteiger charge is 2.29. The van der Waals surface area contributed by atoms with E-state index in [1.807, 2.05) is 12.1 Å². The summed E-state index contributed by atoms with van der Waals surface area (Å²) in [6, 6.07) is 3.97. The fourth-order valence-corrected chi connectivity index (χ4v) is 4.41. The highest BCUT2D eigenvalue weighted by atomic mass is 79.9. The smallest absolute Gasteiger partial charge is 0.256 e. The molecule has 0 atom stereocenters. The monoisotopic (exact) mass is 369 g/mol. The Labute approximate surface area is 145 Å². The van der Waals surface area contributed by atoms with Gasteiger partial charge in [0.15, 0.2) is 0 Å². The van der Waals surface area contributed by atoms with Crippen molar-refractivity contribution in [2.45, 2.75) is 46.0 Å². The van der Waals surface area contributed by atoms with Crippen molar-refractivity contribution in [1.82, 2.24) is 0 Å². The minimum absolute atomic E-state index is 0.0198. The largest absolute Gasteiger partial charge is 0.321 e. The van der Waals surface area contributed by atoms with Crippen LogP contribution in [0.25, 0.3) is 5.57 Å². The van der Waals surface area contributed by atoms with E-state index in [0.717, 1.165) is 33.3 Å². The molecule has 2 nitrogen and oxygen atoms in total. The van der Waals surface area contributed by atoms with Crippen molar-refractivity contribution in [3.05, 3.63) is 56.1 Å². The molecule has 1 aromatic carbocycles. The molecule has 1 N–H and O–H groups in total. The van der Waals surface area contributed by atoms with Gasteiger partial charge < -0.3 is 5.32 Å². The summed E-state index contributed by atoms with van der Waals surface area (Å²) in [5, 5.41) is 3.00. The van der Waals surface area contributed by atoms with Gasteiger partial charge in [0, 0.05) is 21.3 Å². The van der Waals surface area contributed by atoms with Crippen LogP contribution < -0.4 is 5.32 Å². The second-order valence-electron chi connectivity index (χ2n) is 6.72. The van der Waals surface area contributed by atoms with Crippen LogP contribution in [-0.4, -0.2) is 5.91 Å². The number of rotatable bonds is 1. The molecule has 4 rings (SSSR count). The van der Waals surface area contributed by atoms with Gasteiger partial charge in [-0.15, -0.1) is 0 Å². The van der Waals surface area contributed by atoms with Gasteiger partial charge in [-0.05, 0) is 86.4 Å². The van der Waals surface area contributed by atoms with Crippen molar-refractivity contribution in [3.63, 3.8) is 0 Å². The lowest BCUT2D eigenvalue weighted by molar-refractivity contribution is -0.110. The van der Waals surface area contributed by atoms with E-state index in [-0.39, 0.29) is 5.91 Å². The number of allylic oxidation sites excluding steroid dienone is 5. The van der Waals surface area contributed by atoms with Crippen LogP contribution in [0.4, 0.5) is 5.69 Å². The lowest BCUT2D eigenvalue weighted by Gasteiger charge is -2.14. The van der Waals surface area contributed by atoms with E-state index in [2.05, 4.69) is 41.2 Å². The first-order valence-corrected chi connectivity index (χ1v) is 9.09. The molecule has 1 aliphatic heterocycles. The molecule has 2 aliphatic carbocycles. The Morgan fingerprint density at radius 3 is 2.74 bits per heavy atom. The molecule has 23 heavy (non-hydrogen) atoms. The third-order valence-electron chi connectivity index (χ3n) is 5.40. The maximum absolute atomic E-state index is 12.5. The summed E-state index contributed by atoms with van der Waals surface area (Å²) in [4.78, 5) is 12.5. The van der Waals surface area contributed by atoms with Gasteiger partial charge in [-0.2, -0.15) is 0 Å². The molecule has 3 heteroatoms. The first kappa shape index (κ1) is 14.9. The molecule has 0 unspecified atom stereocenters. The fourth-order valence-electron chi connectivity index (χ4n) is 4.08. The molecular formula is C20H20BrNO. The van der Waals surface area contributed by atoms with E-state index in [1.54, 1.807) is 11.1 Å². The van der Waals surface area contributed by atoms with Gasteiger partial charge in [-0.25, -0.2) is 0 Å². The molecule has 0 saturated heterocycles. The molecule has 0 bridgehead atoms. The summed E-state index contributed by atoms with van der Waals surface area (Å²) in [6.07, 6.45) is 8.21. The predicted molar refractivity (Wildman–Crippen MR) is 98.3 cm³/mol.